The first-order valence-corrected chi connectivity index (χ1v) is 7.18. The smallest absolute Gasteiger partial charge is 0.00922 e. The third kappa shape index (κ3) is 3.21. The van der Waals surface area contributed by atoms with E-state index < -0.39 is 0 Å². The Kier molecular flexibility index (Phi) is 4.66. The molecule has 0 aromatic rings. The zero-order valence-corrected chi connectivity index (χ0v) is 11.0. The average molecular weight is 224 g/mol. The normalized spacial score (nSPS) is 29.8. The fourth-order valence-corrected chi connectivity index (χ4v) is 3.45. The molecule has 0 radical (unpaired) electrons. The van der Waals surface area contributed by atoms with Crippen LogP contribution in [-0.2, 0) is 0 Å². The molecular formula is C14H28N2. The highest BCUT2D eigenvalue weighted by atomic mass is 15.1. The molecule has 1 N–H and O–H groups in total. The van der Waals surface area contributed by atoms with Crippen LogP contribution in [0.15, 0.2) is 0 Å². The molecule has 1 saturated heterocycles. The lowest BCUT2D eigenvalue weighted by atomic mass is 9.95. The predicted molar refractivity (Wildman–Crippen MR) is 69.6 cm³/mol. The minimum Gasteiger partial charge on any atom is -0.316 e. The van der Waals surface area contributed by atoms with Gasteiger partial charge in [0.25, 0.3) is 0 Å². The summed E-state index contributed by atoms with van der Waals surface area (Å²) in [6.07, 6.45) is 8.66. The second-order valence-electron chi connectivity index (χ2n) is 5.94. The van der Waals surface area contributed by atoms with Crippen LogP contribution in [0.2, 0.25) is 0 Å². The number of nitrogens with zero attached hydrogens (tertiary/aromatic N) is 1. The number of hydrogen-bond donors (Lipinski definition) is 1. The highest BCUT2D eigenvalue weighted by molar-refractivity contribution is 4.80. The van der Waals surface area contributed by atoms with E-state index in [1.54, 1.807) is 0 Å². The Labute approximate surface area is 101 Å². The van der Waals surface area contributed by atoms with Gasteiger partial charge in [-0.25, -0.2) is 0 Å². The topological polar surface area (TPSA) is 15.3 Å². The molecular weight excluding hydrogens is 196 g/mol. The lowest BCUT2D eigenvalue weighted by molar-refractivity contribution is 0.154. The largest absolute Gasteiger partial charge is 0.316 e. The summed E-state index contributed by atoms with van der Waals surface area (Å²) in [7, 11) is 2.33. The van der Waals surface area contributed by atoms with Crippen LogP contribution in [-0.4, -0.2) is 37.6 Å². The van der Waals surface area contributed by atoms with Crippen LogP contribution >= 0.6 is 0 Å². The van der Waals surface area contributed by atoms with E-state index in [-0.39, 0.29) is 0 Å². The van der Waals surface area contributed by atoms with Crippen LogP contribution in [0, 0.1) is 11.8 Å². The van der Waals surface area contributed by atoms with Crippen LogP contribution in [0.25, 0.3) is 0 Å². The van der Waals surface area contributed by atoms with Gasteiger partial charge in [-0.1, -0.05) is 12.8 Å². The van der Waals surface area contributed by atoms with Gasteiger partial charge in [0.1, 0.15) is 0 Å². The third-order valence-corrected chi connectivity index (χ3v) is 4.72. The zero-order chi connectivity index (χ0) is 11.4. The lowest BCUT2D eigenvalue weighted by Gasteiger charge is -2.34. The lowest BCUT2D eigenvalue weighted by Crippen LogP contribution is -2.42. The fourth-order valence-electron chi connectivity index (χ4n) is 3.45. The van der Waals surface area contributed by atoms with E-state index in [2.05, 4.69) is 24.2 Å². The van der Waals surface area contributed by atoms with E-state index in [1.807, 2.05) is 0 Å². The van der Waals surface area contributed by atoms with Crippen LogP contribution in [0.1, 0.15) is 45.4 Å². The van der Waals surface area contributed by atoms with Gasteiger partial charge in [-0.15, -0.1) is 0 Å². The van der Waals surface area contributed by atoms with E-state index in [4.69, 9.17) is 0 Å². The molecule has 0 amide bonds. The summed E-state index contributed by atoms with van der Waals surface area (Å²) in [6.45, 7) is 6.21. The first-order chi connectivity index (χ1) is 7.77. The summed E-state index contributed by atoms with van der Waals surface area (Å²) < 4.78 is 0. The van der Waals surface area contributed by atoms with Crippen LogP contribution in [0.3, 0.4) is 0 Å². The minimum atomic E-state index is 0.796. The monoisotopic (exact) mass is 224 g/mol. The van der Waals surface area contributed by atoms with Gasteiger partial charge in [0, 0.05) is 12.6 Å². The molecule has 2 aliphatic rings. The molecule has 2 fully saturated rings. The Balaban J connectivity index is 1.74. The molecule has 0 spiro atoms. The van der Waals surface area contributed by atoms with Gasteiger partial charge in [0.15, 0.2) is 0 Å². The molecule has 16 heavy (non-hydrogen) atoms. The predicted octanol–water partition coefficient (Wildman–Crippen LogP) is 2.50. The maximum Gasteiger partial charge on any atom is 0.00922 e. The summed E-state index contributed by atoms with van der Waals surface area (Å²) in [5, 5.41) is 3.52. The molecule has 0 bridgehead atoms. The molecule has 0 aromatic carbocycles. The Hall–Kier alpha value is -0.0800. The van der Waals surface area contributed by atoms with Crippen molar-refractivity contribution >= 4 is 0 Å². The van der Waals surface area contributed by atoms with E-state index in [9.17, 15) is 0 Å². The number of piperidine rings is 1. The van der Waals surface area contributed by atoms with Crippen molar-refractivity contribution in [2.45, 2.75) is 51.5 Å². The second kappa shape index (κ2) is 6.02. The van der Waals surface area contributed by atoms with E-state index in [0.29, 0.717) is 0 Å². The molecule has 2 unspecified atom stereocenters. The van der Waals surface area contributed by atoms with Gasteiger partial charge in [-0.2, -0.15) is 0 Å². The van der Waals surface area contributed by atoms with Gasteiger partial charge in [0.05, 0.1) is 0 Å². The maximum atomic E-state index is 3.52. The van der Waals surface area contributed by atoms with Crippen molar-refractivity contribution in [1.82, 2.24) is 10.2 Å². The Morgan fingerprint density at radius 3 is 2.56 bits per heavy atom. The number of rotatable bonds is 4. The van der Waals surface area contributed by atoms with E-state index in [0.717, 1.165) is 17.9 Å². The SMILES string of the molecule is CC(C1CCCC1)N(C)CC1CCCNC1. The van der Waals surface area contributed by atoms with Crippen LogP contribution in [0.4, 0.5) is 0 Å². The Morgan fingerprint density at radius 1 is 1.19 bits per heavy atom. The molecule has 1 aliphatic heterocycles. The van der Waals surface area contributed by atoms with Gasteiger partial charge >= 0.3 is 0 Å². The molecule has 2 nitrogen and oxygen atoms in total. The van der Waals surface area contributed by atoms with E-state index in [1.165, 1.54) is 58.2 Å². The Morgan fingerprint density at radius 2 is 1.94 bits per heavy atom. The average Bonchev–Trinajstić information content (AvgIpc) is 2.83. The summed E-state index contributed by atoms with van der Waals surface area (Å²) in [6, 6.07) is 0.796. The molecule has 2 atom stereocenters. The van der Waals surface area contributed by atoms with Crippen molar-refractivity contribution < 1.29 is 0 Å². The second-order valence-corrected chi connectivity index (χ2v) is 5.94. The standard InChI is InChI=1S/C14H28N2/c1-12(14-7-3-4-8-14)16(2)11-13-6-5-9-15-10-13/h12-15H,3-11H2,1-2H3. The summed E-state index contributed by atoms with van der Waals surface area (Å²) in [5.41, 5.74) is 0. The van der Waals surface area contributed by atoms with Gasteiger partial charge < -0.3 is 10.2 Å². The Bertz CT molecular complexity index is 193. The van der Waals surface area contributed by atoms with Gasteiger partial charge in [-0.3, -0.25) is 0 Å². The van der Waals surface area contributed by atoms with Gasteiger partial charge in [0.2, 0.25) is 0 Å². The fraction of sp³-hybridized carbons (Fsp3) is 1.00. The molecule has 1 saturated carbocycles. The highest BCUT2D eigenvalue weighted by Crippen LogP contribution is 2.30. The van der Waals surface area contributed by atoms with E-state index >= 15 is 0 Å². The third-order valence-electron chi connectivity index (χ3n) is 4.72. The quantitative estimate of drug-likeness (QED) is 0.789. The van der Waals surface area contributed by atoms with Crippen LogP contribution in [0.5, 0.6) is 0 Å². The van der Waals surface area contributed by atoms with Crippen molar-refractivity contribution in [2.75, 3.05) is 26.7 Å². The minimum absolute atomic E-state index is 0.796. The number of hydrogen-bond acceptors (Lipinski definition) is 2. The molecule has 94 valence electrons. The zero-order valence-electron chi connectivity index (χ0n) is 11.0. The molecule has 2 heteroatoms. The first kappa shape index (κ1) is 12.4. The van der Waals surface area contributed by atoms with Crippen molar-refractivity contribution in [1.29, 1.82) is 0 Å². The van der Waals surface area contributed by atoms with Crippen molar-refractivity contribution in [3.63, 3.8) is 0 Å². The highest BCUT2D eigenvalue weighted by Gasteiger charge is 2.26. The number of nitrogens with one attached hydrogen (secondary N) is 1. The molecule has 1 heterocycles. The van der Waals surface area contributed by atoms with Gasteiger partial charge in [-0.05, 0) is 64.6 Å². The van der Waals surface area contributed by atoms with Crippen molar-refractivity contribution in [3.05, 3.63) is 0 Å². The van der Waals surface area contributed by atoms with Crippen molar-refractivity contribution in [2.24, 2.45) is 11.8 Å². The summed E-state index contributed by atoms with van der Waals surface area (Å²) >= 11 is 0. The van der Waals surface area contributed by atoms with Crippen LogP contribution < -0.4 is 5.32 Å². The maximum absolute atomic E-state index is 3.52. The molecule has 1 aliphatic carbocycles. The first-order valence-electron chi connectivity index (χ1n) is 7.18. The molecule has 2 rings (SSSR count). The summed E-state index contributed by atoms with van der Waals surface area (Å²) in [4.78, 5) is 2.62. The molecule has 0 aromatic heterocycles. The summed E-state index contributed by atoms with van der Waals surface area (Å²) in [5.74, 6) is 1.86. The van der Waals surface area contributed by atoms with Crippen molar-refractivity contribution in [3.8, 4) is 0 Å².